The fourth-order valence-electron chi connectivity index (χ4n) is 4.16. The lowest BCUT2D eigenvalue weighted by atomic mass is 10.1. The monoisotopic (exact) mass is 498 g/mol. The summed E-state index contributed by atoms with van der Waals surface area (Å²) >= 11 is 0. The summed E-state index contributed by atoms with van der Waals surface area (Å²) in [6, 6.07) is 16.2. The Morgan fingerprint density at radius 2 is 1.92 bits per heavy atom. The number of aryl methyl sites for hydroxylation is 1. The number of aliphatic hydroxyl groups excluding tert-OH is 1. The standard InChI is InChI=1S/C25H23F3N5O3/c1-16-14-21(24-29-23(31-36-24)17-6-8-20(9-7-17)35-25(26,27)28)30-33(16)15-18-4-2-3-5-22(18)32-12-10-19(34)11-13-32/h2-4,6-9,14,19,34H,10-13,15H2,1H3. The number of halogens is 3. The van der Waals surface area contributed by atoms with Crippen LogP contribution in [0.4, 0.5) is 18.9 Å². The fraction of sp³-hybridized carbons (Fsp3) is 0.320. The van der Waals surface area contributed by atoms with Gasteiger partial charge in [0.15, 0.2) is 5.69 Å². The van der Waals surface area contributed by atoms with Gasteiger partial charge < -0.3 is 19.3 Å². The molecule has 0 aliphatic carbocycles. The van der Waals surface area contributed by atoms with E-state index in [0.29, 0.717) is 17.8 Å². The molecule has 11 heteroatoms. The van der Waals surface area contributed by atoms with Crippen LogP contribution in [0, 0.1) is 13.0 Å². The molecule has 1 aliphatic rings. The maximum Gasteiger partial charge on any atom is 0.573 e. The summed E-state index contributed by atoms with van der Waals surface area (Å²) < 4.78 is 48.2. The molecule has 0 bridgehead atoms. The molecule has 1 fully saturated rings. The molecule has 5 rings (SSSR count). The highest BCUT2D eigenvalue weighted by molar-refractivity contribution is 5.59. The fourth-order valence-corrected chi connectivity index (χ4v) is 4.16. The maximum atomic E-state index is 12.4. The van der Waals surface area contributed by atoms with Gasteiger partial charge in [0.05, 0.1) is 12.6 Å². The molecule has 36 heavy (non-hydrogen) atoms. The van der Waals surface area contributed by atoms with Crippen LogP contribution in [0.15, 0.2) is 53.1 Å². The van der Waals surface area contributed by atoms with Gasteiger partial charge in [-0.25, -0.2) is 0 Å². The summed E-state index contributed by atoms with van der Waals surface area (Å²) in [4.78, 5) is 6.59. The van der Waals surface area contributed by atoms with Crippen LogP contribution in [0.25, 0.3) is 23.0 Å². The van der Waals surface area contributed by atoms with Crippen LogP contribution >= 0.6 is 0 Å². The number of aromatic nitrogens is 4. The van der Waals surface area contributed by atoms with E-state index in [9.17, 15) is 18.3 Å². The number of benzene rings is 2. The normalized spacial score (nSPS) is 14.9. The van der Waals surface area contributed by atoms with E-state index in [1.54, 1.807) is 0 Å². The van der Waals surface area contributed by atoms with Gasteiger partial charge in [0.25, 0.3) is 5.89 Å². The summed E-state index contributed by atoms with van der Waals surface area (Å²) in [6.07, 6.45) is -3.56. The number of hydrogen-bond donors (Lipinski definition) is 1. The number of nitrogens with zero attached hydrogens (tertiary/aromatic N) is 5. The van der Waals surface area contributed by atoms with Gasteiger partial charge in [-0.15, -0.1) is 13.2 Å². The molecule has 4 aromatic rings. The van der Waals surface area contributed by atoms with Crippen molar-refractivity contribution in [2.75, 3.05) is 18.0 Å². The van der Waals surface area contributed by atoms with E-state index < -0.39 is 6.36 Å². The Morgan fingerprint density at radius 1 is 1.17 bits per heavy atom. The van der Waals surface area contributed by atoms with Crippen molar-refractivity contribution in [3.63, 3.8) is 0 Å². The van der Waals surface area contributed by atoms with E-state index in [2.05, 4.69) is 30.9 Å². The SMILES string of the molecule is Cc1cc(-c2nc(-c3ccc(OC(F)(F)F)cc3)no2)nn1Cc1ccc[c]c1N1CCC(O)CC1. The van der Waals surface area contributed by atoms with Gasteiger partial charge in [-0.05, 0) is 55.7 Å². The number of alkyl halides is 3. The lowest BCUT2D eigenvalue weighted by molar-refractivity contribution is -0.274. The molecule has 2 aromatic heterocycles. The molecular weight excluding hydrogens is 475 g/mol. The van der Waals surface area contributed by atoms with Crippen LogP contribution in [0.2, 0.25) is 0 Å². The Labute approximate surface area is 204 Å². The third-order valence-corrected chi connectivity index (χ3v) is 5.99. The molecule has 8 nitrogen and oxygen atoms in total. The molecule has 1 saturated heterocycles. The predicted molar refractivity (Wildman–Crippen MR) is 124 cm³/mol. The summed E-state index contributed by atoms with van der Waals surface area (Å²) in [5.41, 5.74) is 3.91. The first-order valence-corrected chi connectivity index (χ1v) is 11.4. The number of anilines is 1. The molecule has 0 unspecified atom stereocenters. The van der Waals surface area contributed by atoms with Crippen LogP contribution in [-0.4, -0.2) is 50.6 Å². The molecule has 1 N–H and O–H groups in total. The Morgan fingerprint density at radius 3 is 2.64 bits per heavy atom. The van der Waals surface area contributed by atoms with E-state index in [1.807, 2.05) is 35.9 Å². The molecule has 1 radical (unpaired) electrons. The second-order valence-electron chi connectivity index (χ2n) is 8.59. The summed E-state index contributed by atoms with van der Waals surface area (Å²) in [5, 5.41) is 18.4. The smallest absolute Gasteiger partial charge is 0.406 e. The van der Waals surface area contributed by atoms with E-state index in [0.717, 1.165) is 42.9 Å². The van der Waals surface area contributed by atoms with E-state index in [-0.39, 0.29) is 23.6 Å². The number of para-hydroxylation sites is 1. The van der Waals surface area contributed by atoms with Gasteiger partial charge in [-0.2, -0.15) is 10.1 Å². The molecular formula is C25H23F3N5O3. The van der Waals surface area contributed by atoms with Crippen LogP contribution < -0.4 is 9.64 Å². The van der Waals surface area contributed by atoms with Gasteiger partial charge in [0.1, 0.15) is 5.75 Å². The van der Waals surface area contributed by atoms with E-state index in [1.165, 1.54) is 24.3 Å². The summed E-state index contributed by atoms with van der Waals surface area (Å²) in [7, 11) is 0. The van der Waals surface area contributed by atoms with Crippen LogP contribution in [0.5, 0.6) is 5.75 Å². The van der Waals surface area contributed by atoms with Crippen molar-refractivity contribution in [2.45, 2.75) is 38.8 Å². The van der Waals surface area contributed by atoms with Crippen LogP contribution in [0.1, 0.15) is 24.1 Å². The lowest BCUT2D eigenvalue weighted by Gasteiger charge is -2.32. The Balaban J connectivity index is 1.33. The minimum absolute atomic E-state index is 0.201. The molecule has 187 valence electrons. The molecule has 1 aliphatic heterocycles. The topological polar surface area (TPSA) is 89.4 Å². The zero-order chi connectivity index (χ0) is 25.3. The second-order valence-corrected chi connectivity index (χ2v) is 8.59. The maximum absolute atomic E-state index is 12.4. The Hall–Kier alpha value is -3.86. The lowest BCUT2D eigenvalue weighted by Crippen LogP contribution is -2.36. The van der Waals surface area contributed by atoms with Crippen molar-refractivity contribution in [3.8, 4) is 28.7 Å². The molecule has 3 heterocycles. The van der Waals surface area contributed by atoms with Crippen molar-refractivity contribution in [2.24, 2.45) is 0 Å². The van der Waals surface area contributed by atoms with Crippen LogP contribution in [-0.2, 0) is 6.54 Å². The molecule has 0 saturated carbocycles. The van der Waals surface area contributed by atoms with Crippen molar-refractivity contribution in [1.82, 2.24) is 19.9 Å². The molecule has 0 amide bonds. The van der Waals surface area contributed by atoms with Crippen LogP contribution in [0.3, 0.4) is 0 Å². The highest BCUT2D eigenvalue weighted by Gasteiger charge is 2.31. The van der Waals surface area contributed by atoms with Crippen molar-refractivity contribution in [3.05, 3.63) is 65.9 Å². The second kappa shape index (κ2) is 9.65. The van der Waals surface area contributed by atoms with E-state index in [4.69, 9.17) is 4.52 Å². The number of aliphatic hydroxyl groups is 1. The largest absolute Gasteiger partial charge is 0.573 e. The van der Waals surface area contributed by atoms with Gasteiger partial charge in [0.2, 0.25) is 5.82 Å². The van der Waals surface area contributed by atoms with Crippen molar-refractivity contribution < 1.29 is 27.5 Å². The van der Waals surface area contributed by atoms with Crippen molar-refractivity contribution in [1.29, 1.82) is 0 Å². The Kier molecular flexibility index (Phi) is 6.40. The summed E-state index contributed by atoms with van der Waals surface area (Å²) in [6.45, 7) is 3.98. The van der Waals surface area contributed by atoms with Crippen molar-refractivity contribution >= 4 is 5.69 Å². The first-order valence-electron chi connectivity index (χ1n) is 11.4. The number of ether oxygens (including phenoxy) is 1. The third kappa shape index (κ3) is 5.35. The van der Waals surface area contributed by atoms with E-state index >= 15 is 0 Å². The average Bonchev–Trinajstić information content (AvgIpc) is 3.47. The minimum atomic E-state index is -4.76. The minimum Gasteiger partial charge on any atom is -0.406 e. The quantitative estimate of drug-likeness (QED) is 0.415. The highest BCUT2D eigenvalue weighted by Crippen LogP contribution is 2.28. The van der Waals surface area contributed by atoms with Gasteiger partial charge in [-0.1, -0.05) is 23.4 Å². The number of piperidine rings is 1. The van der Waals surface area contributed by atoms with Gasteiger partial charge in [0, 0.05) is 36.1 Å². The predicted octanol–water partition coefficient (Wildman–Crippen LogP) is 4.62. The van der Waals surface area contributed by atoms with Gasteiger partial charge >= 0.3 is 6.36 Å². The first-order chi connectivity index (χ1) is 17.2. The zero-order valence-corrected chi connectivity index (χ0v) is 19.4. The third-order valence-electron chi connectivity index (χ3n) is 5.99. The zero-order valence-electron chi connectivity index (χ0n) is 19.4. The molecule has 0 spiro atoms. The highest BCUT2D eigenvalue weighted by atomic mass is 19.4. The average molecular weight is 498 g/mol. The Bertz CT molecular complexity index is 1330. The first kappa shape index (κ1) is 23.9. The number of hydrogen-bond acceptors (Lipinski definition) is 7. The molecule has 0 atom stereocenters. The van der Waals surface area contributed by atoms with Gasteiger partial charge in [-0.3, -0.25) is 4.68 Å². The summed E-state index contributed by atoms with van der Waals surface area (Å²) in [5.74, 6) is 0.0953. The molecule has 2 aromatic carbocycles. The number of rotatable bonds is 6.